The van der Waals surface area contributed by atoms with E-state index in [0.717, 1.165) is 12.8 Å². The predicted octanol–water partition coefficient (Wildman–Crippen LogP) is 5.64. The maximum Gasteiger partial charge on any atom is 0.400 e. The van der Waals surface area contributed by atoms with Crippen LogP contribution in [0.5, 0.6) is 5.75 Å². The number of hydrogen-bond donors (Lipinski definition) is 0. The summed E-state index contributed by atoms with van der Waals surface area (Å²) in [5.41, 5.74) is 0. The molecule has 0 amide bonds. The third kappa shape index (κ3) is 4.18. The summed E-state index contributed by atoms with van der Waals surface area (Å²) in [6, 6.07) is 0.855. The first-order valence-electron chi connectivity index (χ1n) is 8.99. The SMILES string of the molecule is O=C1CCC(C2CCC(C(F)(F)Oc3cc(F)c(F)c(F)c3)CC2)CC1. The van der Waals surface area contributed by atoms with E-state index in [-0.39, 0.29) is 18.6 Å². The molecule has 3 rings (SSSR count). The van der Waals surface area contributed by atoms with E-state index < -0.39 is 35.2 Å². The molecule has 2 fully saturated rings. The number of carbonyl (C=O) groups excluding carboxylic acids is 1. The lowest BCUT2D eigenvalue weighted by Gasteiger charge is -2.37. The van der Waals surface area contributed by atoms with Gasteiger partial charge in [-0.3, -0.25) is 4.79 Å². The summed E-state index contributed by atoms with van der Waals surface area (Å²) in [7, 11) is 0. The molecule has 0 unspecified atom stereocenters. The maximum absolute atomic E-state index is 14.4. The van der Waals surface area contributed by atoms with Gasteiger partial charge >= 0.3 is 6.11 Å². The first kappa shape index (κ1) is 19.1. The van der Waals surface area contributed by atoms with Crippen molar-refractivity contribution < 1.29 is 31.5 Å². The minimum absolute atomic E-state index is 0.244. The van der Waals surface area contributed by atoms with Crippen molar-refractivity contribution in [2.24, 2.45) is 17.8 Å². The monoisotopic (exact) mass is 376 g/mol. The number of ketones is 1. The molecule has 0 heterocycles. The van der Waals surface area contributed by atoms with Crippen LogP contribution in [0.2, 0.25) is 0 Å². The Hall–Kier alpha value is -1.66. The summed E-state index contributed by atoms with van der Waals surface area (Å²) in [6.07, 6.45) is 0.956. The largest absolute Gasteiger partial charge is 0.432 e. The van der Waals surface area contributed by atoms with Gasteiger partial charge in [0.1, 0.15) is 11.5 Å². The summed E-state index contributed by atoms with van der Waals surface area (Å²) in [5.74, 6) is -5.61. The van der Waals surface area contributed by atoms with Gasteiger partial charge in [0, 0.05) is 25.0 Å². The third-order valence-electron chi connectivity index (χ3n) is 5.71. The molecule has 7 heteroatoms. The molecule has 1 aromatic carbocycles. The van der Waals surface area contributed by atoms with Crippen molar-refractivity contribution in [3.8, 4) is 5.75 Å². The summed E-state index contributed by atoms with van der Waals surface area (Å²) in [5, 5.41) is 0. The van der Waals surface area contributed by atoms with Gasteiger partial charge in [0.05, 0.1) is 5.92 Å². The normalized spacial score (nSPS) is 25.3. The highest BCUT2D eigenvalue weighted by molar-refractivity contribution is 5.79. The van der Waals surface area contributed by atoms with Gasteiger partial charge in [-0.25, -0.2) is 13.2 Å². The molecule has 26 heavy (non-hydrogen) atoms. The van der Waals surface area contributed by atoms with Gasteiger partial charge in [-0.1, -0.05) is 0 Å². The minimum Gasteiger partial charge on any atom is -0.432 e. The van der Waals surface area contributed by atoms with Crippen LogP contribution in [0.25, 0.3) is 0 Å². The van der Waals surface area contributed by atoms with E-state index >= 15 is 0 Å². The Bertz CT molecular complexity index is 635. The second-order valence-electron chi connectivity index (χ2n) is 7.35. The van der Waals surface area contributed by atoms with Crippen molar-refractivity contribution in [1.82, 2.24) is 0 Å². The van der Waals surface area contributed by atoms with Crippen molar-refractivity contribution in [1.29, 1.82) is 0 Å². The van der Waals surface area contributed by atoms with E-state index in [2.05, 4.69) is 4.74 Å². The number of carbonyl (C=O) groups is 1. The van der Waals surface area contributed by atoms with E-state index in [0.29, 0.717) is 49.7 Å². The van der Waals surface area contributed by atoms with Crippen molar-refractivity contribution in [3.63, 3.8) is 0 Å². The number of Topliss-reactive ketones (excluding diaryl/α,β-unsaturated/α-hetero) is 1. The van der Waals surface area contributed by atoms with E-state index in [1.807, 2.05) is 0 Å². The molecule has 0 aromatic heterocycles. The number of halogens is 5. The van der Waals surface area contributed by atoms with Gasteiger partial charge in [-0.05, 0) is 50.4 Å². The highest BCUT2D eigenvalue weighted by atomic mass is 19.3. The minimum atomic E-state index is -3.58. The molecular formula is C19H21F5O2. The standard InChI is InChI=1S/C19H21F5O2/c20-16-9-15(10-17(21)18(16)22)26-19(23,24)13-5-1-11(2-6-13)12-3-7-14(25)8-4-12/h9-13H,1-8H2. The molecule has 0 aliphatic heterocycles. The maximum atomic E-state index is 14.4. The Morgan fingerprint density at radius 2 is 1.35 bits per heavy atom. The van der Waals surface area contributed by atoms with Gasteiger partial charge in [-0.2, -0.15) is 8.78 Å². The molecule has 144 valence electrons. The topological polar surface area (TPSA) is 26.3 Å². The highest BCUT2D eigenvalue weighted by Crippen LogP contribution is 2.44. The van der Waals surface area contributed by atoms with Crippen LogP contribution in [0.4, 0.5) is 22.0 Å². The summed E-state index contributed by atoms with van der Waals surface area (Å²) in [6.45, 7) is 0. The van der Waals surface area contributed by atoms with Gasteiger partial charge < -0.3 is 4.74 Å². The molecule has 0 radical (unpaired) electrons. The fraction of sp³-hybridized carbons (Fsp3) is 0.632. The Morgan fingerprint density at radius 1 is 0.846 bits per heavy atom. The highest BCUT2D eigenvalue weighted by Gasteiger charge is 2.45. The number of alkyl halides is 2. The molecule has 1 aromatic rings. The molecular weight excluding hydrogens is 355 g/mol. The van der Waals surface area contributed by atoms with Crippen molar-refractivity contribution >= 4 is 5.78 Å². The number of rotatable bonds is 4. The van der Waals surface area contributed by atoms with Crippen LogP contribution < -0.4 is 4.74 Å². The average Bonchev–Trinajstić information content (AvgIpc) is 2.60. The summed E-state index contributed by atoms with van der Waals surface area (Å²) < 4.78 is 72.6. The van der Waals surface area contributed by atoms with Gasteiger partial charge in [-0.15, -0.1) is 0 Å². The summed E-state index contributed by atoms with van der Waals surface area (Å²) in [4.78, 5) is 11.3. The third-order valence-corrected chi connectivity index (χ3v) is 5.71. The first-order valence-corrected chi connectivity index (χ1v) is 8.99. The van der Waals surface area contributed by atoms with Crippen LogP contribution in [0.1, 0.15) is 51.4 Å². The van der Waals surface area contributed by atoms with Gasteiger partial charge in [0.25, 0.3) is 0 Å². The number of ether oxygens (including phenoxy) is 1. The smallest absolute Gasteiger partial charge is 0.400 e. The van der Waals surface area contributed by atoms with E-state index in [1.165, 1.54) is 0 Å². The zero-order chi connectivity index (χ0) is 18.9. The quantitative estimate of drug-likeness (QED) is 0.502. The van der Waals surface area contributed by atoms with Crippen molar-refractivity contribution in [2.75, 3.05) is 0 Å². The lowest BCUT2D eigenvalue weighted by atomic mass is 9.70. The van der Waals surface area contributed by atoms with E-state index in [1.54, 1.807) is 0 Å². The lowest BCUT2D eigenvalue weighted by Crippen LogP contribution is -2.38. The Balaban J connectivity index is 1.58. The van der Waals surface area contributed by atoms with Crippen LogP contribution >= 0.6 is 0 Å². The zero-order valence-electron chi connectivity index (χ0n) is 14.2. The molecule has 0 N–H and O–H groups in total. The first-order chi connectivity index (χ1) is 12.3. The zero-order valence-corrected chi connectivity index (χ0v) is 14.2. The molecule has 2 aliphatic carbocycles. The van der Waals surface area contributed by atoms with Crippen molar-refractivity contribution in [3.05, 3.63) is 29.6 Å². The van der Waals surface area contributed by atoms with Crippen LogP contribution in [-0.2, 0) is 4.79 Å². The fourth-order valence-corrected chi connectivity index (χ4v) is 4.19. The Kier molecular flexibility index (Phi) is 5.53. The van der Waals surface area contributed by atoms with Crippen LogP contribution in [0.3, 0.4) is 0 Å². The van der Waals surface area contributed by atoms with Crippen LogP contribution in [0.15, 0.2) is 12.1 Å². The molecule has 0 spiro atoms. The molecule has 2 saturated carbocycles. The van der Waals surface area contributed by atoms with Gasteiger partial charge in [0.2, 0.25) is 0 Å². The predicted molar refractivity (Wildman–Crippen MR) is 84.3 cm³/mol. The molecule has 0 bridgehead atoms. The number of hydrogen-bond acceptors (Lipinski definition) is 2. The van der Waals surface area contributed by atoms with Gasteiger partial charge in [0.15, 0.2) is 17.5 Å². The van der Waals surface area contributed by atoms with E-state index in [4.69, 9.17) is 0 Å². The Morgan fingerprint density at radius 3 is 1.88 bits per heavy atom. The average molecular weight is 376 g/mol. The molecule has 2 aliphatic rings. The fourth-order valence-electron chi connectivity index (χ4n) is 4.19. The lowest BCUT2D eigenvalue weighted by molar-refractivity contribution is -0.224. The van der Waals surface area contributed by atoms with Crippen LogP contribution in [0, 0.1) is 35.2 Å². The molecule has 0 saturated heterocycles. The van der Waals surface area contributed by atoms with Crippen molar-refractivity contribution in [2.45, 2.75) is 57.5 Å². The molecule has 0 atom stereocenters. The van der Waals surface area contributed by atoms with Crippen LogP contribution in [-0.4, -0.2) is 11.9 Å². The summed E-state index contributed by atoms with van der Waals surface area (Å²) >= 11 is 0. The second-order valence-corrected chi connectivity index (χ2v) is 7.35. The Labute approximate surface area is 148 Å². The second kappa shape index (κ2) is 7.53. The number of benzene rings is 1. The molecule has 2 nitrogen and oxygen atoms in total. The van der Waals surface area contributed by atoms with E-state index in [9.17, 15) is 26.7 Å².